The lowest BCUT2D eigenvalue weighted by molar-refractivity contribution is 0.0203. The van der Waals surface area contributed by atoms with Crippen LogP contribution in [0.5, 0.6) is 0 Å². The molecule has 0 amide bonds. The van der Waals surface area contributed by atoms with Crippen LogP contribution in [0, 0.1) is 5.92 Å². The summed E-state index contributed by atoms with van der Waals surface area (Å²) in [5, 5.41) is 8.84. The largest absolute Gasteiger partial charge is 0.381 e. The molecule has 1 unspecified atom stereocenters. The van der Waals surface area contributed by atoms with Crippen molar-refractivity contribution in [1.29, 1.82) is 0 Å². The summed E-state index contributed by atoms with van der Waals surface area (Å²) in [6.07, 6.45) is 3.27. The van der Waals surface area contributed by atoms with Crippen LogP contribution in [0.4, 0.5) is 0 Å². The molecular weight excluding hydrogens is 461 g/mol. The minimum atomic E-state index is 0. The van der Waals surface area contributed by atoms with Crippen molar-refractivity contribution >= 4 is 41.3 Å². The van der Waals surface area contributed by atoms with Crippen molar-refractivity contribution in [3.05, 3.63) is 22.4 Å². The topological polar surface area (TPSA) is 54.9 Å². The number of thiophene rings is 1. The second-order valence-corrected chi connectivity index (χ2v) is 7.53. The Hall–Kier alpha value is -0.380. The van der Waals surface area contributed by atoms with Gasteiger partial charge in [-0.1, -0.05) is 13.0 Å². The zero-order chi connectivity index (χ0) is 17.7. The maximum absolute atomic E-state index is 5.81. The van der Waals surface area contributed by atoms with Crippen LogP contribution in [-0.4, -0.2) is 52.0 Å². The quantitative estimate of drug-likeness (QED) is 0.224. The molecular formula is C19H34IN3O2S. The van der Waals surface area contributed by atoms with E-state index in [1.54, 1.807) is 11.3 Å². The van der Waals surface area contributed by atoms with Crippen LogP contribution in [0.15, 0.2) is 22.5 Å². The highest BCUT2D eigenvalue weighted by Gasteiger charge is 2.13. The van der Waals surface area contributed by atoms with Crippen molar-refractivity contribution in [2.45, 2.75) is 39.0 Å². The van der Waals surface area contributed by atoms with Crippen molar-refractivity contribution in [3.63, 3.8) is 0 Å². The first-order valence-electron chi connectivity index (χ1n) is 9.50. The molecule has 1 aromatic rings. The second-order valence-electron chi connectivity index (χ2n) is 6.55. The zero-order valence-corrected chi connectivity index (χ0v) is 19.2. The van der Waals surface area contributed by atoms with Gasteiger partial charge < -0.3 is 20.1 Å². The van der Waals surface area contributed by atoms with Crippen LogP contribution in [0.25, 0.3) is 0 Å². The lowest BCUT2D eigenvalue weighted by atomic mass is 10.0. The Labute approximate surface area is 179 Å². The molecule has 1 aliphatic rings. The van der Waals surface area contributed by atoms with E-state index in [-0.39, 0.29) is 24.0 Å². The monoisotopic (exact) mass is 495 g/mol. The van der Waals surface area contributed by atoms with Gasteiger partial charge in [0.1, 0.15) is 0 Å². The van der Waals surface area contributed by atoms with Crippen LogP contribution in [-0.2, 0) is 9.47 Å². The summed E-state index contributed by atoms with van der Waals surface area (Å²) in [6, 6.07) is 4.28. The van der Waals surface area contributed by atoms with Gasteiger partial charge in [-0.05, 0) is 43.6 Å². The summed E-state index contributed by atoms with van der Waals surface area (Å²) in [4.78, 5) is 6.10. The standard InChI is InChI=1S/C19H33N3O2S.HI/c1-3-20-19(22-14-16(2)18-6-4-13-25-18)21-9-5-10-24-15-17-7-11-23-12-8-17;/h4,6,13,16-17H,3,5,7-12,14-15H2,1-2H3,(H2,20,21,22);1H. The molecule has 1 atom stereocenters. The van der Waals surface area contributed by atoms with Crippen LogP contribution in [0.3, 0.4) is 0 Å². The number of guanidine groups is 1. The summed E-state index contributed by atoms with van der Waals surface area (Å²) in [5.74, 6) is 2.04. The molecule has 1 fully saturated rings. The fraction of sp³-hybridized carbons (Fsp3) is 0.737. The predicted molar refractivity (Wildman–Crippen MR) is 121 cm³/mol. The molecule has 2 heterocycles. The summed E-state index contributed by atoms with van der Waals surface area (Å²) in [5.41, 5.74) is 0. The van der Waals surface area contributed by atoms with Gasteiger partial charge in [0.25, 0.3) is 0 Å². The summed E-state index contributed by atoms with van der Waals surface area (Å²) < 4.78 is 11.2. The molecule has 0 saturated carbocycles. The van der Waals surface area contributed by atoms with Gasteiger partial charge in [0, 0.05) is 50.3 Å². The highest BCUT2D eigenvalue weighted by molar-refractivity contribution is 14.0. The van der Waals surface area contributed by atoms with Crippen LogP contribution in [0.2, 0.25) is 0 Å². The first kappa shape index (κ1) is 23.7. The normalized spacial score (nSPS) is 16.8. The third kappa shape index (κ3) is 9.53. The van der Waals surface area contributed by atoms with E-state index in [4.69, 9.17) is 14.5 Å². The Bertz CT molecular complexity index is 479. The SMILES string of the molecule is CCNC(=NCC(C)c1cccs1)NCCCOCC1CCOCC1.I. The van der Waals surface area contributed by atoms with Gasteiger partial charge in [0.15, 0.2) is 5.96 Å². The number of rotatable bonds is 10. The Morgan fingerprint density at radius 1 is 1.38 bits per heavy atom. The number of hydrogen-bond donors (Lipinski definition) is 2. The first-order valence-corrected chi connectivity index (χ1v) is 10.4. The average Bonchev–Trinajstić information content (AvgIpc) is 3.18. The van der Waals surface area contributed by atoms with Gasteiger partial charge in [0.05, 0.1) is 6.54 Å². The third-order valence-electron chi connectivity index (χ3n) is 4.35. The molecule has 0 radical (unpaired) electrons. The predicted octanol–water partition coefficient (Wildman–Crippen LogP) is 3.86. The van der Waals surface area contributed by atoms with Gasteiger partial charge in [-0.25, -0.2) is 0 Å². The number of nitrogens with zero attached hydrogens (tertiary/aromatic N) is 1. The molecule has 26 heavy (non-hydrogen) atoms. The number of ether oxygens (including phenoxy) is 2. The molecule has 7 heteroatoms. The van der Waals surface area contributed by atoms with E-state index in [0.717, 1.165) is 71.3 Å². The molecule has 0 aromatic carbocycles. The second kappa shape index (κ2) is 14.6. The van der Waals surface area contributed by atoms with Crippen LogP contribution in [0.1, 0.15) is 43.9 Å². The third-order valence-corrected chi connectivity index (χ3v) is 5.45. The molecule has 1 aromatic heterocycles. The van der Waals surface area contributed by atoms with E-state index in [2.05, 4.69) is 42.0 Å². The maximum atomic E-state index is 5.81. The van der Waals surface area contributed by atoms with Gasteiger partial charge >= 0.3 is 0 Å². The van der Waals surface area contributed by atoms with E-state index >= 15 is 0 Å². The maximum Gasteiger partial charge on any atom is 0.191 e. The minimum Gasteiger partial charge on any atom is -0.381 e. The number of halogens is 1. The lowest BCUT2D eigenvalue weighted by Crippen LogP contribution is -2.38. The molecule has 1 saturated heterocycles. The van der Waals surface area contributed by atoms with Crippen molar-refractivity contribution < 1.29 is 9.47 Å². The molecule has 0 aliphatic carbocycles. The average molecular weight is 495 g/mol. The Balaban J connectivity index is 0.00000338. The van der Waals surface area contributed by atoms with Crippen molar-refractivity contribution in [2.24, 2.45) is 10.9 Å². The molecule has 2 rings (SSSR count). The zero-order valence-electron chi connectivity index (χ0n) is 16.0. The molecule has 2 N–H and O–H groups in total. The molecule has 0 spiro atoms. The van der Waals surface area contributed by atoms with E-state index < -0.39 is 0 Å². The van der Waals surface area contributed by atoms with E-state index in [1.807, 2.05) is 0 Å². The van der Waals surface area contributed by atoms with Crippen molar-refractivity contribution in [3.8, 4) is 0 Å². The van der Waals surface area contributed by atoms with Crippen LogP contribution >= 0.6 is 35.3 Å². The number of nitrogens with one attached hydrogen (secondary N) is 2. The molecule has 5 nitrogen and oxygen atoms in total. The van der Waals surface area contributed by atoms with Gasteiger partial charge in [0.2, 0.25) is 0 Å². The molecule has 150 valence electrons. The first-order chi connectivity index (χ1) is 12.3. The fourth-order valence-corrected chi connectivity index (χ4v) is 3.55. The van der Waals surface area contributed by atoms with Gasteiger partial charge in [-0.15, -0.1) is 35.3 Å². The highest BCUT2D eigenvalue weighted by atomic mass is 127. The smallest absolute Gasteiger partial charge is 0.191 e. The summed E-state index contributed by atoms with van der Waals surface area (Å²) in [6.45, 7) is 10.3. The van der Waals surface area contributed by atoms with E-state index in [1.165, 1.54) is 4.88 Å². The molecule has 0 bridgehead atoms. The summed E-state index contributed by atoms with van der Waals surface area (Å²) in [7, 11) is 0. The van der Waals surface area contributed by atoms with Crippen molar-refractivity contribution in [1.82, 2.24) is 10.6 Å². The Morgan fingerprint density at radius 3 is 2.88 bits per heavy atom. The fourth-order valence-electron chi connectivity index (χ4n) is 2.78. The van der Waals surface area contributed by atoms with Crippen LogP contribution < -0.4 is 10.6 Å². The highest BCUT2D eigenvalue weighted by Crippen LogP contribution is 2.20. The lowest BCUT2D eigenvalue weighted by Gasteiger charge is -2.21. The van der Waals surface area contributed by atoms with Gasteiger partial charge in [-0.2, -0.15) is 0 Å². The summed E-state index contributed by atoms with van der Waals surface area (Å²) >= 11 is 1.80. The Kier molecular flexibility index (Phi) is 13.3. The molecule has 1 aliphatic heterocycles. The van der Waals surface area contributed by atoms with Crippen molar-refractivity contribution in [2.75, 3.05) is 46.1 Å². The van der Waals surface area contributed by atoms with Gasteiger partial charge in [-0.3, -0.25) is 4.99 Å². The van der Waals surface area contributed by atoms with E-state index in [0.29, 0.717) is 11.8 Å². The number of aliphatic imine (C=N–C) groups is 1. The Morgan fingerprint density at radius 2 is 2.19 bits per heavy atom. The minimum absolute atomic E-state index is 0. The number of hydrogen-bond acceptors (Lipinski definition) is 4. The van der Waals surface area contributed by atoms with E-state index in [9.17, 15) is 0 Å².